The van der Waals surface area contributed by atoms with Crippen molar-refractivity contribution in [3.63, 3.8) is 0 Å². The van der Waals surface area contributed by atoms with Crippen molar-refractivity contribution in [3.05, 3.63) is 59.7 Å². The second-order valence-corrected chi connectivity index (χ2v) is 7.72. The van der Waals surface area contributed by atoms with Crippen molar-refractivity contribution >= 4 is 5.82 Å². The van der Waals surface area contributed by atoms with Crippen LogP contribution in [0.5, 0.6) is 0 Å². The van der Waals surface area contributed by atoms with E-state index in [0.717, 1.165) is 29.1 Å². The Bertz CT molecular complexity index is 1050. The van der Waals surface area contributed by atoms with E-state index < -0.39 is 17.2 Å². The first kappa shape index (κ1) is 19.4. The van der Waals surface area contributed by atoms with Gasteiger partial charge in [-0.2, -0.15) is 5.10 Å². The number of rotatable bonds is 3. The fourth-order valence-electron chi connectivity index (χ4n) is 4.09. The first-order valence-electron chi connectivity index (χ1n) is 9.54. The number of hydrogen-bond acceptors (Lipinski definition) is 5. The first-order chi connectivity index (χ1) is 13.8. The van der Waals surface area contributed by atoms with E-state index in [-0.39, 0.29) is 6.04 Å². The molecule has 0 spiro atoms. The highest BCUT2D eigenvalue weighted by Crippen LogP contribution is 2.38. The summed E-state index contributed by atoms with van der Waals surface area (Å²) in [5.41, 5.74) is 1.72. The second kappa shape index (κ2) is 7.18. The molecule has 1 aromatic carbocycles. The van der Waals surface area contributed by atoms with Crippen LogP contribution in [-0.4, -0.2) is 37.4 Å². The first-order valence-corrected chi connectivity index (χ1v) is 9.54. The van der Waals surface area contributed by atoms with E-state index in [9.17, 15) is 13.9 Å². The Labute approximate surface area is 167 Å². The van der Waals surface area contributed by atoms with Gasteiger partial charge in [-0.3, -0.25) is 9.67 Å². The molecule has 152 valence electrons. The van der Waals surface area contributed by atoms with Gasteiger partial charge in [-0.05, 0) is 38.0 Å². The van der Waals surface area contributed by atoms with E-state index in [2.05, 4.69) is 15.0 Å². The predicted octanol–water partition coefficient (Wildman–Crippen LogP) is 3.34. The molecule has 1 aliphatic rings. The Kier molecular flexibility index (Phi) is 4.82. The summed E-state index contributed by atoms with van der Waals surface area (Å²) in [7, 11) is 1.86. The minimum Gasteiger partial charge on any atom is -0.385 e. The maximum Gasteiger partial charge on any atom is 0.159 e. The minimum atomic E-state index is -1.21. The van der Waals surface area contributed by atoms with Crippen LogP contribution in [0, 0.1) is 18.6 Å². The molecule has 0 saturated carbocycles. The van der Waals surface area contributed by atoms with Crippen molar-refractivity contribution in [1.82, 2.24) is 19.7 Å². The fourth-order valence-corrected chi connectivity index (χ4v) is 4.09. The number of aryl methyl sites for hydroxylation is 2. The molecule has 0 bridgehead atoms. The lowest BCUT2D eigenvalue weighted by Gasteiger charge is -2.43. The molecule has 1 aliphatic heterocycles. The number of anilines is 1. The molecule has 4 rings (SSSR count). The summed E-state index contributed by atoms with van der Waals surface area (Å²) in [4.78, 5) is 11.2. The van der Waals surface area contributed by atoms with Gasteiger partial charge in [0.15, 0.2) is 11.6 Å². The third-order valence-electron chi connectivity index (χ3n) is 5.59. The minimum absolute atomic E-state index is 0.0681. The largest absolute Gasteiger partial charge is 0.385 e. The fraction of sp³-hybridized carbons (Fsp3) is 0.381. The van der Waals surface area contributed by atoms with Gasteiger partial charge in [-0.1, -0.05) is 6.07 Å². The normalized spacial score (nSPS) is 22.1. The molecule has 2 atom stereocenters. The highest BCUT2D eigenvalue weighted by Gasteiger charge is 2.39. The molecule has 1 N–H and O–H groups in total. The van der Waals surface area contributed by atoms with Gasteiger partial charge in [0.1, 0.15) is 5.82 Å². The van der Waals surface area contributed by atoms with E-state index in [0.29, 0.717) is 30.8 Å². The van der Waals surface area contributed by atoms with Crippen LogP contribution in [0.25, 0.3) is 11.3 Å². The zero-order chi connectivity index (χ0) is 20.8. The highest BCUT2D eigenvalue weighted by molar-refractivity contribution is 5.62. The zero-order valence-corrected chi connectivity index (χ0v) is 16.6. The second-order valence-electron chi connectivity index (χ2n) is 7.72. The van der Waals surface area contributed by atoms with E-state index >= 15 is 0 Å². The van der Waals surface area contributed by atoms with Crippen molar-refractivity contribution in [3.8, 4) is 11.3 Å². The molecule has 0 unspecified atom stereocenters. The molecule has 1 fully saturated rings. The molecular weight excluding hydrogens is 376 g/mol. The zero-order valence-electron chi connectivity index (χ0n) is 16.6. The van der Waals surface area contributed by atoms with Gasteiger partial charge in [-0.15, -0.1) is 0 Å². The Balaban J connectivity index is 1.58. The summed E-state index contributed by atoms with van der Waals surface area (Å²) >= 11 is 0. The Morgan fingerprint density at radius 2 is 2.00 bits per heavy atom. The molecule has 0 amide bonds. The van der Waals surface area contributed by atoms with Crippen LogP contribution in [0.3, 0.4) is 0 Å². The molecular formula is C21H23F2N5O. The standard InChI is InChI=1S/C21H23F2N5O/c1-13-9-21(29,15-4-5-17(22)18(23)8-15)6-7-28(13)20-11-24-10-19(25-20)16-12-27(3)26-14(16)2/h4-5,8,10-13,29H,6-7,9H2,1-3H3/t13-,21+/m1/s1. The Morgan fingerprint density at radius 1 is 1.21 bits per heavy atom. The van der Waals surface area contributed by atoms with Gasteiger partial charge < -0.3 is 10.0 Å². The molecule has 8 heteroatoms. The lowest BCUT2D eigenvalue weighted by molar-refractivity contribution is 0.000652. The van der Waals surface area contributed by atoms with Crippen molar-refractivity contribution in [2.24, 2.45) is 7.05 Å². The highest BCUT2D eigenvalue weighted by atomic mass is 19.2. The molecule has 29 heavy (non-hydrogen) atoms. The van der Waals surface area contributed by atoms with Crippen LogP contribution < -0.4 is 4.90 Å². The molecule has 6 nitrogen and oxygen atoms in total. The number of aliphatic hydroxyl groups is 1. The number of hydrogen-bond donors (Lipinski definition) is 1. The number of aromatic nitrogens is 4. The van der Waals surface area contributed by atoms with Crippen molar-refractivity contribution in [2.75, 3.05) is 11.4 Å². The van der Waals surface area contributed by atoms with Crippen LogP contribution in [0.2, 0.25) is 0 Å². The van der Waals surface area contributed by atoms with Gasteiger partial charge in [0, 0.05) is 37.8 Å². The maximum atomic E-state index is 13.7. The number of halogens is 2. The number of piperidine rings is 1. The molecule has 1 saturated heterocycles. The number of nitrogens with zero attached hydrogens (tertiary/aromatic N) is 5. The van der Waals surface area contributed by atoms with Crippen molar-refractivity contribution < 1.29 is 13.9 Å². The van der Waals surface area contributed by atoms with E-state index in [1.54, 1.807) is 17.1 Å². The summed E-state index contributed by atoms with van der Waals surface area (Å²) in [5, 5.41) is 15.5. The maximum absolute atomic E-state index is 13.7. The third-order valence-corrected chi connectivity index (χ3v) is 5.59. The van der Waals surface area contributed by atoms with Crippen LogP contribution in [0.15, 0.2) is 36.8 Å². The quantitative estimate of drug-likeness (QED) is 0.732. The summed E-state index contributed by atoms with van der Waals surface area (Å²) in [6, 6.07) is 3.53. The average Bonchev–Trinajstić information content (AvgIpc) is 3.02. The Morgan fingerprint density at radius 3 is 2.66 bits per heavy atom. The van der Waals surface area contributed by atoms with E-state index in [1.165, 1.54) is 6.07 Å². The van der Waals surface area contributed by atoms with Crippen LogP contribution in [0.4, 0.5) is 14.6 Å². The molecule has 3 heterocycles. The van der Waals surface area contributed by atoms with Gasteiger partial charge in [0.05, 0.1) is 29.4 Å². The summed E-state index contributed by atoms with van der Waals surface area (Å²) < 4.78 is 28.7. The lowest BCUT2D eigenvalue weighted by Crippen LogP contribution is -2.48. The molecule has 3 aromatic rings. The van der Waals surface area contributed by atoms with E-state index in [4.69, 9.17) is 4.98 Å². The summed E-state index contributed by atoms with van der Waals surface area (Å²) in [6.45, 7) is 4.42. The number of benzene rings is 1. The Hall–Kier alpha value is -2.87. The smallest absolute Gasteiger partial charge is 0.159 e. The van der Waals surface area contributed by atoms with Crippen LogP contribution >= 0.6 is 0 Å². The van der Waals surface area contributed by atoms with Gasteiger partial charge >= 0.3 is 0 Å². The average molecular weight is 399 g/mol. The van der Waals surface area contributed by atoms with Crippen LogP contribution in [0.1, 0.15) is 31.0 Å². The molecule has 0 aliphatic carbocycles. The van der Waals surface area contributed by atoms with Crippen LogP contribution in [-0.2, 0) is 12.6 Å². The van der Waals surface area contributed by atoms with Gasteiger partial charge in [-0.25, -0.2) is 13.8 Å². The SMILES string of the molecule is Cc1nn(C)cc1-c1cncc(N2CC[C@@](O)(c3ccc(F)c(F)c3)C[C@H]2C)n1. The van der Waals surface area contributed by atoms with Gasteiger partial charge in [0.2, 0.25) is 0 Å². The topological polar surface area (TPSA) is 67.1 Å². The van der Waals surface area contributed by atoms with E-state index in [1.807, 2.05) is 27.1 Å². The predicted molar refractivity (Wildman–Crippen MR) is 105 cm³/mol. The van der Waals surface area contributed by atoms with Crippen molar-refractivity contribution in [2.45, 2.75) is 38.3 Å². The van der Waals surface area contributed by atoms with Gasteiger partial charge in [0.25, 0.3) is 0 Å². The third kappa shape index (κ3) is 3.60. The molecule has 2 aromatic heterocycles. The lowest BCUT2D eigenvalue weighted by atomic mass is 9.81. The monoisotopic (exact) mass is 399 g/mol. The van der Waals surface area contributed by atoms with Crippen molar-refractivity contribution in [1.29, 1.82) is 0 Å². The molecule has 0 radical (unpaired) electrons. The summed E-state index contributed by atoms with van der Waals surface area (Å²) in [5.74, 6) is -1.15. The summed E-state index contributed by atoms with van der Waals surface area (Å²) in [6.07, 6.45) is 6.06.